The molecule has 0 atom stereocenters. The lowest BCUT2D eigenvalue weighted by molar-refractivity contribution is -0.105. The third-order valence-electron chi connectivity index (χ3n) is 0.814. The van der Waals surface area contributed by atoms with E-state index in [-0.39, 0.29) is 0 Å². The van der Waals surface area contributed by atoms with Crippen molar-refractivity contribution in [3.63, 3.8) is 0 Å². The predicted octanol–water partition coefficient (Wildman–Crippen LogP) is 1.05. The van der Waals surface area contributed by atoms with E-state index in [9.17, 15) is 9.59 Å². The van der Waals surface area contributed by atoms with Gasteiger partial charge in [0.05, 0.1) is 0 Å². The SMILES string of the molecule is C=C(C=O)/C=C\C(=C)C=O. The lowest BCUT2D eigenvalue weighted by atomic mass is 10.2. The molecule has 2 heteroatoms. The highest BCUT2D eigenvalue weighted by atomic mass is 16.1. The molecule has 52 valence electrons. The molecule has 0 saturated carbocycles. The molecule has 10 heavy (non-hydrogen) atoms. The average Bonchev–Trinajstić information content (AvgIpc) is 1.99. The van der Waals surface area contributed by atoms with Crippen LogP contribution in [0.5, 0.6) is 0 Å². The maximum Gasteiger partial charge on any atom is 0.149 e. The first-order chi connectivity index (χ1) is 4.70. The normalized spacial score (nSPS) is 9.20. The monoisotopic (exact) mass is 136 g/mol. The van der Waals surface area contributed by atoms with Crippen LogP contribution in [0, 0.1) is 0 Å². The third-order valence-corrected chi connectivity index (χ3v) is 0.814. The number of rotatable bonds is 4. The highest BCUT2D eigenvalue weighted by Gasteiger charge is 1.83. The highest BCUT2D eigenvalue weighted by molar-refractivity contribution is 5.80. The molecule has 0 N–H and O–H groups in total. The fraction of sp³-hybridized carbons (Fsp3) is 0. The molecule has 0 saturated heterocycles. The van der Waals surface area contributed by atoms with Crippen LogP contribution in [-0.4, -0.2) is 12.6 Å². The third kappa shape index (κ3) is 3.55. The molecule has 0 aromatic carbocycles. The summed E-state index contributed by atoms with van der Waals surface area (Å²) < 4.78 is 0. The average molecular weight is 136 g/mol. The van der Waals surface area contributed by atoms with Crippen LogP contribution >= 0.6 is 0 Å². The van der Waals surface area contributed by atoms with E-state index >= 15 is 0 Å². The van der Waals surface area contributed by atoms with E-state index < -0.39 is 0 Å². The zero-order valence-corrected chi connectivity index (χ0v) is 5.54. The number of hydrogen-bond acceptors (Lipinski definition) is 2. The van der Waals surface area contributed by atoms with Gasteiger partial charge >= 0.3 is 0 Å². The van der Waals surface area contributed by atoms with E-state index in [2.05, 4.69) is 13.2 Å². The van der Waals surface area contributed by atoms with Gasteiger partial charge in [0.15, 0.2) is 0 Å². The molecule has 0 unspecified atom stereocenters. The topological polar surface area (TPSA) is 34.1 Å². The predicted molar refractivity (Wildman–Crippen MR) is 39.5 cm³/mol. The zero-order valence-electron chi connectivity index (χ0n) is 5.54. The summed E-state index contributed by atoms with van der Waals surface area (Å²) >= 11 is 0. The molecular weight excluding hydrogens is 128 g/mol. The van der Waals surface area contributed by atoms with Gasteiger partial charge in [-0.25, -0.2) is 0 Å². The van der Waals surface area contributed by atoms with E-state index in [1.807, 2.05) is 0 Å². The maximum absolute atomic E-state index is 9.94. The lowest BCUT2D eigenvalue weighted by Crippen LogP contribution is -1.77. The Hall–Kier alpha value is -1.44. The summed E-state index contributed by atoms with van der Waals surface area (Å²) in [5.74, 6) is 0. The Morgan fingerprint density at radius 1 is 0.900 bits per heavy atom. The van der Waals surface area contributed by atoms with Gasteiger partial charge in [-0.15, -0.1) is 0 Å². The van der Waals surface area contributed by atoms with Gasteiger partial charge in [0.1, 0.15) is 12.6 Å². The van der Waals surface area contributed by atoms with Crippen molar-refractivity contribution in [2.75, 3.05) is 0 Å². The minimum absolute atomic E-state index is 0.322. The molecule has 0 fully saturated rings. The summed E-state index contributed by atoms with van der Waals surface area (Å²) in [6, 6.07) is 0. The Bertz CT molecular complexity index is 177. The molecule has 2 nitrogen and oxygen atoms in total. The molecule has 0 amide bonds. The van der Waals surface area contributed by atoms with Crippen molar-refractivity contribution >= 4 is 12.6 Å². The first kappa shape index (κ1) is 8.56. The van der Waals surface area contributed by atoms with Gasteiger partial charge < -0.3 is 0 Å². The van der Waals surface area contributed by atoms with Crippen molar-refractivity contribution in [2.24, 2.45) is 0 Å². The number of allylic oxidation sites excluding steroid dienone is 4. The van der Waals surface area contributed by atoms with Gasteiger partial charge in [-0.2, -0.15) is 0 Å². The molecule has 0 aliphatic carbocycles. The first-order valence-corrected chi connectivity index (χ1v) is 2.67. The zero-order chi connectivity index (χ0) is 7.98. The standard InChI is InChI=1S/C8H8O2/c1-7(5-9)3-4-8(2)6-10/h3-6H,1-2H2/b4-3-. The van der Waals surface area contributed by atoms with Gasteiger partial charge in [-0.1, -0.05) is 25.3 Å². The van der Waals surface area contributed by atoms with Crippen LogP contribution in [0.1, 0.15) is 0 Å². The molecule has 0 aromatic rings. The van der Waals surface area contributed by atoms with Gasteiger partial charge in [0, 0.05) is 11.1 Å². The molecular formula is C8H8O2. The molecule has 0 rings (SSSR count). The van der Waals surface area contributed by atoms with E-state index in [0.717, 1.165) is 0 Å². The van der Waals surface area contributed by atoms with Crippen LogP contribution in [0.4, 0.5) is 0 Å². The second-order valence-electron chi connectivity index (χ2n) is 1.72. The van der Waals surface area contributed by atoms with E-state index in [4.69, 9.17) is 0 Å². The van der Waals surface area contributed by atoms with Crippen molar-refractivity contribution < 1.29 is 9.59 Å². The van der Waals surface area contributed by atoms with Gasteiger partial charge in [0.2, 0.25) is 0 Å². The van der Waals surface area contributed by atoms with Crippen LogP contribution in [0.25, 0.3) is 0 Å². The fourth-order valence-electron chi connectivity index (χ4n) is 0.293. The Morgan fingerprint density at radius 3 is 1.40 bits per heavy atom. The van der Waals surface area contributed by atoms with E-state index in [0.29, 0.717) is 23.7 Å². The number of carbonyl (C=O) groups is 2. The van der Waals surface area contributed by atoms with Gasteiger partial charge in [0.25, 0.3) is 0 Å². The van der Waals surface area contributed by atoms with Crippen molar-refractivity contribution in [3.8, 4) is 0 Å². The van der Waals surface area contributed by atoms with Crippen molar-refractivity contribution in [2.45, 2.75) is 0 Å². The summed E-state index contributed by atoms with van der Waals surface area (Å²) in [6.07, 6.45) is 4.08. The summed E-state index contributed by atoms with van der Waals surface area (Å²) in [7, 11) is 0. The Morgan fingerprint density at radius 2 is 1.20 bits per heavy atom. The smallest absolute Gasteiger partial charge is 0.149 e. The molecule has 0 heterocycles. The van der Waals surface area contributed by atoms with E-state index in [1.54, 1.807) is 0 Å². The molecule has 0 radical (unpaired) electrons. The highest BCUT2D eigenvalue weighted by Crippen LogP contribution is 1.91. The van der Waals surface area contributed by atoms with Crippen LogP contribution < -0.4 is 0 Å². The van der Waals surface area contributed by atoms with Crippen molar-refractivity contribution in [1.29, 1.82) is 0 Å². The first-order valence-electron chi connectivity index (χ1n) is 2.67. The van der Waals surface area contributed by atoms with E-state index in [1.165, 1.54) is 12.2 Å². The minimum Gasteiger partial charge on any atom is -0.298 e. The molecule has 0 spiro atoms. The Balaban J connectivity index is 3.98. The van der Waals surface area contributed by atoms with Crippen LogP contribution in [0.3, 0.4) is 0 Å². The van der Waals surface area contributed by atoms with Crippen LogP contribution in [0.2, 0.25) is 0 Å². The summed E-state index contributed by atoms with van der Waals surface area (Å²) in [6.45, 7) is 6.74. The van der Waals surface area contributed by atoms with Crippen LogP contribution in [0.15, 0.2) is 36.5 Å². The Kier molecular flexibility index (Phi) is 3.80. The second-order valence-corrected chi connectivity index (χ2v) is 1.72. The largest absolute Gasteiger partial charge is 0.298 e. The summed E-state index contributed by atoms with van der Waals surface area (Å²) in [5.41, 5.74) is 0.644. The number of aldehydes is 2. The summed E-state index contributed by atoms with van der Waals surface area (Å²) in [4.78, 5) is 19.9. The molecule has 0 aliphatic rings. The fourth-order valence-corrected chi connectivity index (χ4v) is 0.293. The summed E-state index contributed by atoms with van der Waals surface area (Å²) in [5, 5.41) is 0. The van der Waals surface area contributed by atoms with Gasteiger partial charge in [-0.05, 0) is 0 Å². The minimum atomic E-state index is 0.322. The van der Waals surface area contributed by atoms with Crippen molar-refractivity contribution in [3.05, 3.63) is 36.5 Å². The van der Waals surface area contributed by atoms with Crippen molar-refractivity contribution in [1.82, 2.24) is 0 Å². The Labute approximate surface area is 59.5 Å². The quantitative estimate of drug-likeness (QED) is 0.329. The lowest BCUT2D eigenvalue weighted by Gasteiger charge is -1.82. The number of hydrogen-bond donors (Lipinski definition) is 0. The van der Waals surface area contributed by atoms with Crippen LogP contribution in [-0.2, 0) is 9.59 Å². The molecule has 0 aromatic heterocycles. The number of carbonyl (C=O) groups excluding carboxylic acids is 2. The molecule has 0 bridgehead atoms. The second kappa shape index (κ2) is 4.44. The van der Waals surface area contributed by atoms with Gasteiger partial charge in [-0.3, -0.25) is 9.59 Å². The molecule has 0 aliphatic heterocycles. The maximum atomic E-state index is 9.94.